The molecule has 31 heavy (non-hydrogen) atoms. The largest absolute Gasteiger partial charge is 0.494 e. The molecular weight excluding hydrogens is 413 g/mol. The van der Waals surface area contributed by atoms with Gasteiger partial charge in [-0.15, -0.1) is 0 Å². The van der Waals surface area contributed by atoms with Crippen LogP contribution in [0.25, 0.3) is 22.4 Å². The molecule has 164 valence electrons. The van der Waals surface area contributed by atoms with Gasteiger partial charge in [0.15, 0.2) is 11.5 Å². The molecule has 0 spiro atoms. The Morgan fingerprint density at radius 3 is 2.65 bits per heavy atom. The molecule has 1 atom stereocenters. The summed E-state index contributed by atoms with van der Waals surface area (Å²) in [5, 5.41) is 3.17. The molecule has 0 aliphatic heterocycles. The minimum Gasteiger partial charge on any atom is -0.494 e. The number of methoxy groups -OCH3 is 1. The molecule has 10 heteroatoms. The van der Waals surface area contributed by atoms with Gasteiger partial charge in [-0.3, -0.25) is 4.79 Å². The molecule has 1 aromatic carbocycles. The van der Waals surface area contributed by atoms with Crippen LogP contribution in [-0.4, -0.2) is 29.5 Å². The van der Waals surface area contributed by atoms with Gasteiger partial charge in [0, 0.05) is 17.5 Å². The second-order valence-electron chi connectivity index (χ2n) is 7.58. The fraction of sp³-hybridized carbons (Fsp3) is 0.381. The van der Waals surface area contributed by atoms with E-state index in [9.17, 15) is 18.0 Å². The number of oxazole rings is 1. The summed E-state index contributed by atoms with van der Waals surface area (Å²) in [7, 11) is 1.35. The Balaban J connectivity index is 1.80. The highest BCUT2D eigenvalue weighted by atomic mass is 19.4. The van der Waals surface area contributed by atoms with Gasteiger partial charge in [-0.1, -0.05) is 0 Å². The predicted molar refractivity (Wildman–Crippen MR) is 106 cm³/mol. The summed E-state index contributed by atoms with van der Waals surface area (Å²) in [6.07, 6.45) is -2.45. The topological polar surface area (TPSA) is 103 Å². The molecule has 1 aliphatic carbocycles. The zero-order chi connectivity index (χ0) is 22.3. The van der Waals surface area contributed by atoms with Gasteiger partial charge in [0.2, 0.25) is 5.89 Å². The van der Waals surface area contributed by atoms with Gasteiger partial charge in [-0.25, -0.2) is 9.97 Å². The van der Waals surface area contributed by atoms with Gasteiger partial charge in [0.25, 0.3) is 5.91 Å². The van der Waals surface area contributed by atoms with Gasteiger partial charge < -0.3 is 20.2 Å². The first-order valence-corrected chi connectivity index (χ1v) is 9.79. The number of nitrogens with zero attached hydrogens (tertiary/aromatic N) is 2. The van der Waals surface area contributed by atoms with E-state index in [1.54, 1.807) is 13.0 Å². The molecule has 2 aromatic heterocycles. The van der Waals surface area contributed by atoms with E-state index in [4.69, 9.17) is 14.9 Å². The Hall–Kier alpha value is -3.14. The third kappa shape index (κ3) is 4.20. The van der Waals surface area contributed by atoms with E-state index in [1.807, 2.05) is 0 Å². The van der Waals surface area contributed by atoms with Crippen LogP contribution in [0, 0.1) is 5.92 Å². The molecule has 1 aliphatic rings. The minimum absolute atomic E-state index is 0.00936. The monoisotopic (exact) mass is 434 g/mol. The van der Waals surface area contributed by atoms with Gasteiger partial charge in [0.05, 0.1) is 13.2 Å². The number of nitrogens with one attached hydrogen (secondary N) is 1. The number of ether oxygens (including phenoxy) is 1. The summed E-state index contributed by atoms with van der Waals surface area (Å²) in [6, 6.07) is 4.63. The first-order chi connectivity index (χ1) is 14.7. The SMILES string of the molecule is COc1ccc(-c2nc(C(=O)NCC3CC3)c([C@H](C)N)o2)c2ccc(C(F)(F)F)nc12. The quantitative estimate of drug-likeness (QED) is 0.606. The molecule has 4 rings (SSSR count). The third-order valence-corrected chi connectivity index (χ3v) is 5.09. The van der Waals surface area contributed by atoms with Gasteiger partial charge in [-0.05, 0) is 49.9 Å². The summed E-state index contributed by atoms with van der Waals surface area (Å²) in [6.45, 7) is 2.21. The number of aromatic nitrogens is 2. The average Bonchev–Trinajstić information content (AvgIpc) is 3.45. The fourth-order valence-corrected chi connectivity index (χ4v) is 3.26. The third-order valence-electron chi connectivity index (χ3n) is 5.09. The van der Waals surface area contributed by atoms with Crippen molar-refractivity contribution in [3.8, 4) is 17.2 Å². The highest BCUT2D eigenvalue weighted by Gasteiger charge is 2.33. The highest BCUT2D eigenvalue weighted by molar-refractivity contribution is 5.98. The summed E-state index contributed by atoms with van der Waals surface area (Å²) in [5.74, 6) is 0.523. The summed E-state index contributed by atoms with van der Waals surface area (Å²) in [5.41, 5.74) is 5.37. The molecule has 0 unspecified atom stereocenters. The number of carbonyl (C=O) groups excluding carboxylic acids is 1. The van der Waals surface area contributed by atoms with Crippen molar-refractivity contribution in [1.29, 1.82) is 0 Å². The Labute approximate surface area is 175 Å². The molecular formula is C21H21F3N4O3. The second kappa shape index (κ2) is 7.84. The lowest BCUT2D eigenvalue weighted by atomic mass is 10.1. The lowest BCUT2D eigenvalue weighted by molar-refractivity contribution is -0.140. The molecule has 1 amide bonds. The molecule has 1 fully saturated rings. The van der Waals surface area contributed by atoms with Crippen molar-refractivity contribution in [1.82, 2.24) is 15.3 Å². The maximum atomic E-state index is 13.2. The van der Waals surface area contributed by atoms with Gasteiger partial charge >= 0.3 is 6.18 Å². The summed E-state index contributed by atoms with van der Waals surface area (Å²) in [4.78, 5) is 20.7. The lowest BCUT2D eigenvalue weighted by Crippen LogP contribution is -2.27. The number of benzene rings is 1. The molecule has 7 nitrogen and oxygen atoms in total. The van der Waals surface area contributed by atoms with Crippen molar-refractivity contribution in [2.75, 3.05) is 13.7 Å². The van der Waals surface area contributed by atoms with Crippen LogP contribution < -0.4 is 15.8 Å². The Morgan fingerprint density at radius 1 is 1.29 bits per heavy atom. The molecule has 0 saturated heterocycles. The Morgan fingerprint density at radius 2 is 2.03 bits per heavy atom. The van der Waals surface area contributed by atoms with Crippen molar-refractivity contribution >= 4 is 16.8 Å². The molecule has 0 radical (unpaired) electrons. The van der Waals surface area contributed by atoms with Crippen molar-refractivity contribution in [2.45, 2.75) is 32.0 Å². The van der Waals surface area contributed by atoms with Crippen LogP contribution >= 0.6 is 0 Å². The smallest absolute Gasteiger partial charge is 0.433 e. The minimum atomic E-state index is -4.60. The zero-order valence-electron chi connectivity index (χ0n) is 16.9. The molecule has 3 aromatic rings. The number of nitrogens with two attached hydrogens (primary N) is 1. The van der Waals surface area contributed by atoms with Crippen molar-refractivity contribution in [3.05, 3.63) is 41.4 Å². The first-order valence-electron chi connectivity index (χ1n) is 9.79. The van der Waals surface area contributed by atoms with E-state index in [1.165, 1.54) is 19.2 Å². The number of halogens is 3. The van der Waals surface area contributed by atoms with Crippen LogP contribution in [0.4, 0.5) is 13.2 Å². The maximum absolute atomic E-state index is 13.2. The zero-order valence-corrected chi connectivity index (χ0v) is 16.9. The first kappa shape index (κ1) is 21.1. The number of pyridine rings is 1. The predicted octanol–water partition coefficient (Wildman–Crippen LogP) is 4.08. The standard InChI is InChI=1S/C21H21F3N4O3/c1-10(25)18-17(19(29)26-9-11-3-4-11)28-20(31-18)13-5-7-14(30-2)16-12(13)6-8-15(27-16)21(22,23)24/h5-8,10-11H,3-4,9,25H2,1-2H3,(H,26,29)/t10-/m0/s1. The molecule has 2 heterocycles. The molecule has 3 N–H and O–H groups in total. The van der Waals surface area contributed by atoms with E-state index < -0.39 is 23.8 Å². The van der Waals surface area contributed by atoms with E-state index >= 15 is 0 Å². The van der Waals surface area contributed by atoms with Crippen LogP contribution in [0.15, 0.2) is 28.7 Å². The second-order valence-corrected chi connectivity index (χ2v) is 7.58. The normalized spacial score (nSPS) is 15.2. The van der Waals surface area contributed by atoms with Crippen LogP contribution in [0.3, 0.4) is 0 Å². The molecule has 0 bridgehead atoms. The van der Waals surface area contributed by atoms with Crippen molar-refractivity contribution < 1.29 is 27.1 Å². The fourth-order valence-electron chi connectivity index (χ4n) is 3.26. The number of carbonyl (C=O) groups is 1. The maximum Gasteiger partial charge on any atom is 0.433 e. The van der Waals surface area contributed by atoms with Crippen LogP contribution in [-0.2, 0) is 6.18 Å². The van der Waals surface area contributed by atoms with Crippen LogP contribution in [0.5, 0.6) is 5.75 Å². The summed E-state index contributed by atoms with van der Waals surface area (Å²) >= 11 is 0. The van der Waals surface area contributed by atoms with Gasteiger partial charge in [0.1, 0.15) is 17.0 Å². The average molecular weight is 434 g/mol. The van der Waals surface area contributed by atoms with Crippen LogP contribution in [0.2, 0.25) is 0 Å². The number of hydrogen-bond donors (Lipinski definition) is 2. The van der Waals surface area contributed by atoms with E-state index in [-0.39, 0.29) is 28.6 Å². The van der Waals surface area contributed by atoms with Crippen molar-refractivity contribution in [3.63, 3.8) is 0 Å². The number of hydrogen-bond acceptors (Lipinski definition) is 6. The van der Waals surface area contributed by atoms with E-state index in [0.717, 1.165) is 18.9 Å². The number of alkyl halides is 3. The number of rotatable bonds is 6. The van der Waals surface area contributed by atoms with Crippen molar-refractivity contribution in [2.24, 2.45) is 11.7 Å². The van der Waals surface area contributed by atoms with Crippen LogP contribution in [0.1, 0.15) is 47.7 Å². The van der Waals surface area contributed by atoms with Gasteiger partial charge in [-0.2, -0.15) is 13.2 Å². The van der Waals surface area contributed by atoms with E-state index in [0.29, 0.717) is 23.4 Å². The Kier molecular flexibility index (Phi) is 5.34. The Bertz CT molecular complexity index is 1140. The number of amides is 1. The highest BCUT2D eigenvalue weighted by Crippen LogP contribution is 2.37. The summed E-state index contributed by atoms with van der Waals surface area (Å²) < 4.78 is 50.4. The molecule has 1 saturated carbocycles. The number of fused-ring (bicyclic) bond motifs is 1. The lowest BCUT2D eigenvalue weighted by Gasteiger charge is -2.11. The van der Waals surface area contributed by atoms with E-state index in [2.05, 4.69) is 15.3 Å².